The summed E-state index contributed by atoms with van der Waals surface area (Å²) in [6, 6.07) is 0.669. The van der Waals surface area contributed by atoms with E-state index in [0.717, 1.165) is 13.0 Å². The number of aromatic nitrogens is 2. The molecule has 1 saturated carbocycles. The van der Waals surface area contributed by atoms with Crippen LogP contribution in [0, 0.1) is 5.92 Å². The summed E-state index contributed by atoms with van der Waals surface area (Å²) < 4.78 is 1.25. The Labute approximate surface area is 98.1 Å². The van der Waals surface area contributed by atoms with Crippen LogP contribution in [0.25, 0.3) is 0 Å². The molecule has 1 aromatic heterocycles. The van der Waals surface area contributed by atoms with Gasteiger partial charge in [0.15, 0.2) is 0 Å². The summed E-state index contributed by atoms with van der Waals surface area (Å²) in [4.78, 5) is 11.8. The van der Waals surface area contributed by atoms with Gasteiger partial charge >= 0.3 is 6.03 Å². The molecule has 3 rings (SSSR count). The van der Waals surface area contributed by atoms with Gasteiger partial charge in [-0.1, -0.05) is 11.6 Å². The largest absolute Gasteiger partial charge is 0.342 e. The molecule has 5 nitrogen and oxygen atoms in total. The van der Waals surface area contributed by atoms with Gasteiger partial charge in [0.25, 0.3) is 0 Å². The lowest BCUT2D eigenvalue weighted by molar-refractivity contribution is 0.230. The molecule has 1 aliphatic heterocycles. The molecule has 86 valence electrons. The topological polar surface area (TPSA) is 59.0 Å². The van der Waals surface area contributed by atoms with Gasteiger partial charge in [0, 0.05) is 18.6 Å². The first-order valence-corrected chi connectivity index (χ1v) is 5.84. The fourth-order valence-corrected chi connectivity index (χ4v) is 2.78. The van der Waals surface area contributed by atoms with E-state index < -0.39 is 0 Å². The normalized spacial score (nSPS) is 31.9. The standard InChI is InChI=1S/C10H13ClN4O/c11-7-4-13-15(5-7)10(16)14-9-2-8-1-6(9)3-12-8/h4-6,8-9,12H,1-3H2,(H,14,16). The molecule has 2 N–H and O–H groups in total. The van der Waals surface area contributed by atoms with E-state index in [0.29, 0.717) is 17.0 Å². The second-order valence-electron chi connectivity index (χ2n) is 4.50. The predicted octanol–water partition coefficient (Wildman–Crippen LogP) is 0.845. The van der Waals surface area contributed by atoms with Crippen LogP contribution in [0.5, 0.6) is 0 Å². The molecule has 2 bridgehead atoms. The lowest BCUT2D eigenvalue weighted by atomic mass is 10.0. The van der Waals surface area contributed by atoms with E-state index >= 15 is 0 Å². The number of halogens is 1. The highest BCUT2D eigenvalue weighted by Crippen LogP contribution is 2.31. The van der Waals surface area contributed by atoms with Crippen LogP contribution in [0.2, 0.25) is 5.02 Å². The van der Waals surface area contributed by atoms with Crippen molar-refractivity contribution in [1.29, 1.82) is 0 Å². The Hall–Kier alpha value is -1.07. The Morgan fingerprint density at radius 2 is 2.50 bits per heavy atom. The van der Waals surface area contributed by atoms with Crippen molar-refractivity contribution in [2.45, 2.75) is 24.9 Å². The molecule has 3 atom stereocenters. The number of fused-ring (bicyclic) bond motifs is 2. The SMILES string of the molecule is O=C(NC1CC2CC1CN2)n1cc(Cl)cn1. The van der Waals surface area contributed by atoms with Crippen LogP contribution in [0.1, 0.15) is 12.8 Å². The maximum Gasteiger partial charge on any atom is 0.342 e. The molecule has 0 spiro atoms. The molecule has 16 heavy (non-hydrogen) atoms. The molecule has 1 amide bonds. The van der Waals surface area contributed by atoms with Crippen molar-refractivity contribution >= 4 is 17.6 Å². The van der Waals surface area contributed by atoms with Gasteiger partial charge in [-0.25, -0.2) is 4.79 Å². The Kier molecular flexibility index (Phi) is 2.37. The van der Waals surface area contributed by atoms with Gasteiger partial charge in [0.2, 0.25) is 0 Å². The van der Waals surface area contributed by atoms with Gasteiger partial charge in [-0.3, -0.25) is 0 Å². The minimum Gasteiger partial charge on any atom is -0.333 e. The van der Waals surface area contributed by atoms with Crippen molar-refractivity contribution in [2.24, 2.45) is 5.92 Å². The maximum atomic E-state index is 11.8. The summed E-state index contributed by atoms with van der Waals surface area (Å²) in [6.07, 6.45) is 5.17. The van der Waals surface area contributed by atoms with E-state index in [1.165, 1.54) is 23.5 Å². The van der Waals surface area contributed by atoms with E-state index in [-0.39, 0.29) is 12.1 Å². The highest BCUT2D eigenvalue weighted by atomic mass is 35.5. The molecule has 6 heteroatoms. The first-order valence-electron chi connectivity index (χ1n) is 5.47. The number of nitrogens with zero attached hydrogens (tertiary/aromatic N) is 2. The van der Waals surface area contributed by atoms with Crippen molar-refractivity contribution in [3.05, 3.63) is 17.4 Å². The zero-order chi connectivity index (χ0) is 11.1. The molecule has 1 aliphatic carbocycles. The van der Waals surface area contributed by atoms with Crippen LogP contribution in [0.3, 0.4) is 0 Å². The second kappa shape index (κ2) is 3.75. The van der Waals surface area contributed by atoms with Crippen molar-refractivity contribution in [3.63, 3.8) is 0 Å². The summed E-state index contributed by atoms with van der Waals surface area (Å²) in [5, 5.41) is 10.8. The van der Waals surface area contributed by atoms with E-state index in [1.54, 1.807) is 0 Å². The Morgan fingerprint density at radius 3 is 3.06 bits per heavy atom. The fraction of sp³-hybridized carbons (Fsp3) is 0.600. The maximum absolute atomic E-state index is 11.8. The number of carbonyl (C=O) groups is 1. The molecule has 3 unspecified atom stereocenters. The molecule has 0 aromatic carbocycles. The van der Waals surface area contributed by atoms with Gasteiger partial charge in [-0.15, -0.1) is 0 Å². The first kappa shape index (κ1) is 10.1. The monoisotopic (exact) mass is 240 g/mol. The summed E-state index contributed by atoms with van der Waals surface area (Å²) in [7, 11) is 0. The van der Waals surface area contributed by atoms with Crippen LogP contribution in [-0.4, -0.2) is 34.4 Å². The van der Waals surface area contributed by atoms with Crippen molar-refractivity contribution in [1.82, 2.24) is 20.4 Å². The number of nitrogens with one attached hydrogen (secondary N) is 2. The smallest absolute Gasteiger partial charge is 0.333 e. The van der Waals surface area contributed by atoms with Crippen molar-refractivity contribution in [2.75, 3.05) is 6.54 Å². The second-order valence-corrected chi connectivity index (χ2v) is 4.93. The number of piperidine rings is 1. The van der Waals surface area contributed by atoms with Crippen molar-refractivity contribution < 1.29 is 4.79 Å². The van der Waals surface area contributed by atoms with Crippen LogP contribution < -0.4 is 10.6 Å². The van der Waals surface area contributed by atoms with Crippen LogP contribution in [-0.2, 0) is 0 Å². The van der Waals surface area contributed by atoms with Gasteiger partial charge in [0.1, 0.15) is 0 Å². The molecule has 2 aliphatic rings. The average molecular weight is 241 g/mol. The number of amides is 1. The summed E-state index contributed by atoms with van der Waals surface area (Å²) >= 11 is 5.71. The minimum absolute atomic E-state index is 0.190. The van der Waals surface area contributed by atoms with Gasteiger partial charge in [-0.05, 0) is 18.8 Å². The minimum atomic E-state index is -0.190. The predicted molar refractivity (Wildman–Crippen MR) is 59.5 cm³/mol. The van der Waals surface area contributed by atoms with Crippen LogP contribution >= 0.6 is 11.6 Å². The summed E-state index contributed by atoms with van der Waals surface area (Å²) in [6.45, 7) is 1.01. The summed E-state index contributed by atoms with van der Waals surface area (Å²) in [5.41, 5.74) is 0. The number of carbonyl (C=O) groups excluding carboxylic acids is 1. The van der Waals surface area contributed by atoms with Crippen LogP contribution in [0.15, 0.2) is 12.4 Å². The highest BCUT2D eigenvalue weighted by molar-refractivity contribution is 6.30. The molecule has 1 aromatic rings. The van der Waals surface area contributed by atoms with E-state index in [1.807, 2.05) is 0 Å². The molecule has 1 saturated heterocycles. The Morgan fingerprint density at radius 1 is 1.62 bits per heavy atom. The summed E-state index contributed by atoms with van der Waals surface area (Å²) in [5.74, 6) is 0.569. The van der Waals surface area contributed by atoms with Gasteiger partial charge < -0.3 is 10.6 Å². The zero-order valence-electron chi connectivity index (χ0n) is 8.69. The number of hydrogen-bond donors (Lipinski definition) is 2. The first-order chi connectivity index (χ1) is 7.72. The molecule has 2 heterocycles. The molecular formula is C10H13ClN4O. The molecule has 0 radical (unpaired) electrons. The third kappa shape index (κ3) is 1.70. The highest BCUT2D eigenvalue weighted by Gasteiger charge is 2.40. The third-order valence-electron chi connectivity index (χ3n) is 3.43. The van der Waals surface area contributed by atoms with Gasteiger partial charge in [-0.2, -0.15) is 9.78 Å². The van der Waals surface area contributed by atoms with Crippen LogP contribution in [0.4, 0.5) is 4.79 Å². The number of rotatable bonds is 1. The fourth-order valence-electron chi connectivity index (χ4n) is 2.65. The number of hydrogen-bond acceptors (Lipinski definition) is 3. The van der Waals surface area contributed by atoms with E-state index in [4.69, 9.17) is 11.6 Å². The Bertz CT molecular complexity index is 419. The molecule has 2 fully saturated rings. The lowest BCUT2D eigenvalue weighted by Gasteiger charge is -2.23. The Balaban J connectivity index is 1.65. The van der Waals surface area contributed by atoms with E-state index in [2.05, 4.69) is 15.7 Å². The molecular weight excluding hydrogens is 228 g/mol. The van der Waals surface area contributed by atoms with Gasteiger partial charge in [0.05, 0.1) is 17.4 Å². The zero-order valence-corrected chi connectivity index (χ0v) is 9.44. The quantitative estimate of drug-likeness (QED) is 0.765. The average Bonchev–Trinajstić information content (AvgIpc) is 2.92. The van der Waals surface area contributed by atoms with E-state index in [9.17, 15) is 4.79 Å². The third-order valence-corrected chi connectivity index (χ3v) is 3.63. The van der Waals surface area contributed by atoms with Crippen molar-refractivity contribution in [3.8, 4) is 0 Å². The lowest BCUT2D eigenvalue weighted by Crippen LogP contribution is -2.45.